The second kappa shape index (κ2) is 7.10. The fourth-order valence-electron chi connectivity index (χ4n) is 2.85. The summed E-state index contributed by atoms with van der Waals surface area (Å²) in [7, 11) is 0. The van der Waals surface area contributed by atoms with Crippen LogP contribution < -0.4 is 5.32 Å². The van der Waals surface area contributed by atoms with E-state index in [0.29, 0.717) is 6.42 Å². The van der Waals surface area contributed by atoms with Crippen LogP contribution in [-0.4, -0.2) is 35.9 Å². The molecule has 1 saturated carbocycles. The molecule has 0 bridgehead atoms. The number of hydrogen-bond donors (Lipinski definition) is 2. The van der Waals surface area contributed by atoms with E-state index in [1.165, 1.54) is 6.42 Å². The summed E-state index contributed by atoms with van der Waals surface area (Å²) in [6.07, 6.45) is 8.49. The average Bonchev–Trinajstić information content (AvgIpc) is 2.40. The van der Waals surface area contributed by atoms with Crippen LogP contribution in [0, 0.1) is 0 Å². The zero-order valence-electron chi connectivity index (χ0n) is 11.1. The Kier molecular flexibility index (Phi) is 5.45. The van der Waals surface area contributed by atoms with Gasteiger partial charge in [-0.05, 0) is 51.4 Å². The highest BCUT2D eigenvalue weighted by Gasteiger charge is 2.21. The summed E-state index contributed by atoms with van der Waals surface area (Å²) in [5, 5.41) is 12.5. The second-order valence-electron chi connectivity index (χ2n) is 5.60. The SMILES string of the molecule is O=C(CCC1CCCCO1)NC1CCC(O)CC1. The molecule has 2 fully saturated rings. The lowest BCUT2D eigenvalue weighted by Gasteiger charge is -2.27. The number of hydrogen-bond acceptors (Lipinski definition) is 3. The third kappa shape index (κ3) is 4.58. The van der Waals surface area contributed by atoms with Crippen molar-refractivity contribution >= 4 is 5.91 Å². The zero-order chi connectivity index (χ0) is 12.8. The van der Waals surface area contributed by atoms with E-state index in [0.717, 1.165) is 51.6 Å². The Morgan fingerprint density at radius 1 is 1.17 bits per heavy atom. The topological polar surface area (TPSA) is 58.6 Å². The molecule has 18 heavy (non-hydrogen) atoms. The van der Waals surface area contributed by atoms with Gasteiger partial charge < -0.3 is 15.2 Å². The van der Waals surface area contributed by atoms with Crippen molar-refractivity contribution in [3.8, 4) is 0 Å². The standard InChI is InChI=1S/C14H25NO3/c16-12-6-4-11(5-7-12)15-14(17)9-8-13-3-1-2-10-18-13/h11-13,16H,1-10H2,(H,15,17). The number of amides is 1. The largest absolute Gasteiger partial charge is 0.393 e. The maximum atomic E-state index is 11.8. The lowest BCUT2D eigenvalue weighted by molar-refractivity contribution is -0.123. The van der Waals surface area contributed by atoms with Gasteiger partial charge in [-0.2, -0.15) is 0 Å². The maximum absolute atomic E-state index is 11.8. The van der Waals surface area contributed by atoms with E-state index in [1.54, 1.807) is 0 Å². The van der Waals surface area contributed by atoms with Crippen molar-refractivity contribution in [1.29, 1.82) is 0 Å². The van der Waals surface area contributed by atoms with Gasteiger partial charge in [-0.3, -0.25) is 4.79 Å². The van der Waals surface area contributed by atoms with E-state index in [4.69, 9.17) is 4.74 Å². The highest BCUT2D eigenvalue weighted by Crippen LogP contribution is 2.19. The van der Waals surface area contributed by atoms with E-state index in [9.17, 15) is 9.90 Å². The molecule has 1 saturated heterocycles. The van der Waals surface area contributed by atoms with Crippen molar-refractivity contribution in [2.75, 3.05) is 6.61 Å². The first-order chi connectivity index (χ1) is 8.74. The Hall–Kier alpha value is -0.610. The lowest BCUT2D eigenvalue weighted by atomic mass is 9.93. The molecule has 1 aliphatic heterocycles. The van der Waals surface area contributed by atoms with Crippen LogP contribution in [0.15, 0.2) is 0 Å². The monoisotopic (exact) mass is 255 g/mol. The summed E-state index contributed by atoms with van der Waals surface area (Å²) in [6.45, 7) is 0.854. The van der Waals surface area contributed by atoms with Crippen LogP contribution in [0.4, 0.5) is 0 Å². The quantitative estimate of drug-likeness (QED) is 0.804. The number of carbonyl (C=O) groups is 1. The predicted molar refractivity (Wildman–Crippen MR) is 69.2 cm³/mol. The molecule has 0 aromatic rings. The molecule has 2 rings (SSSR count). The summed E-state index contributed by atoms with van der Waals surface area (Å²) in [4.78, 5) is 11.8. The summed E-state index contributed by atoms with van der Waals surface area (Å²) < 4.78 is 5.62. The number of ether oxygens (including phenoxy) is 1. The first-order valence-corrected chi connectivity index (χ1v) is 7.33. The van der Waals surface area contributed by atoms with Crippen molar-refractivity contribution in [2.24, 2.45) is 0 Å². The summed E-state index contributed by atoms with van der Waals surface area (Å²) >= 11 is 0. The molecule has 0 aromatic carbocycles. The van der Waals surface area contributed by atoms with Crippen molar-refractivity contribution in [2.45, 2.75) is 76.0 Å². The molecule has 4 nitrogen and oxygen atoms in total. The molecule has 1 heterocycles. The third-order valence-corrected chi connectivity index (χ3v) is 4.03. The van der Waals surface area contributed by atoms with Crippen LogP contribution in [-0.2, 0) is 9.53 Å². The number of aliphatic hydroxyl groups excluding tert-OH is 1. The molecule has 4 heteroatoms. The first kappa shape index (κ1) is 13.8. The maximum Gasteiger partial charge on any atom is 0.220 e. The van der Waals surface area contributed by atoms with Crippen LogP contribution in [0.1, 0.15) is 57.8 Å². The summed E-state index contributed by atoms with van der Waals surface area (Å²) in [5.74, 6) is 0.144. The van der Waals surface area contributed by atoms with E-state index in [2.05, 4.69) is 5.32 Å². The molecular formula is C14H25NO3. The molecule has 0 radical (unpaired) electrons. The molecule has 1 amide bonds. The highest BCUT2D eigenvalue weighted by atomic mass is 16.5. The van der Waals surface area contributed by atoms with E-state index < -0.39 is 0 Å². The first-order valence-electron chi connectivity index (χ1n) is 7.33. The minimum absolute atomic E-state index is 0.144. The Morgan fingerprint density at radius 3 is 2.61 bits per heavy atom. The van der Waals surface area contributed by atoms with Crippen LogP contribution >= 0.6 is 0 Å². The minimum Gasteiger partial charge on any atom is -0.393 e. The molecule has 0 spiro atoms. The van der Waals surface area contributed by atoms with Crippen LogP contribution in [0.3, 0.4) is 0 Å². The Bertz CT molecular complexity index is 256. The van der Waals surface area contributed by atoms with Crippen LogP contribution in [0.5, 0.6) is 0 Å². The van der Waals surface area contributed by atoms with Gasteiger partial charge in [0, 0.05) is 19.1 Å². The molecule has 0 aromatic heterocycles. The second-order valence-corrected chi connectivity index (χ2v) is 5.60. The third-order valence-electron chi connectivity index (χ3n) is 4.03. The number of nitrogens with one attached hydrogen (secondary N) is 1. The van der Waals surface area contributed by atoms with Gasteiger partial charge in [0.05, 0.1) is 12.2 Å². The molecule has 1 unspecified atom stereocenters. The normalized spacial score (nSPS) is 33.1. The van der Waals surface area contributed by atoms with Gasteiger partial charge in [0.1, 0.15) is 0 Å². The van der Waals surface area contributed by atoms with Gasteiger partial charge in [-0.15, -0.1) is 0 Å². The van der Waals surface area contributed by atoms with Gasteiger partial charge in [-0.1, -0.05) is 0 Å². The fraction of sp³-hybridized carbons (Fsp3) is 0.929. The van der Waals surface area contributed by atoms with E-state index >= 15 is 0 Å². The Labute approximate surface area is 109 Å². The van der Waals surface area contributed by atoms with E-state index in [1.807, 2.05) is 0 Å². The van der Waals surface area contributed by atoms with Crippen LogP contribution in [0.2, 0.25) is 0 Å². The lowest BCUT2D eigenvalue weighted by Crippen LogP contribution is -2.38. The van der Waals surface area contributed by atoms with Crippen LogP contribution in [0.25, 0.3) is 0 Å². The smallest absolute Gasteiger partial charge is 0.220 e. The molecule has 1 aliphatic carbocycles. The Balaban J connectivity index is 1.59. The predicted octanol–water partition coefficient (Wildman–Crippen LogP) is 1.76. The Morgan fingerprint density at radius 2 is 1.94 bits per heavy atom. The summed E-state index contributed by atoms with van der Waals surface area (Å²) in [6, 6.07) is 0.271. The molecule has 104 valence electrons. The highest BCUT2D eigenvalue weighted by molar-refractivity contribution is 5.76. The van der Waals surface area contributed by atoms with E-state index in [-0.39, 0.29) is 24.2 Å². The minimum atomic E-state index is -0.159. The van der Waals surface area contributed by atoms with Gasteiger partial charge in [-0.25, -0.2) is 0 Å². The molecular weight excluding hydrogens is 230 g/mol. The van der Waals surface area contributed by atoms with Crippen molar-refractivity contribution in [3.63, 3.8) is 0 Å². The van der Waals surface area contributed by atoms with Gasteiger partial charge in [0.25, 0.3) is 0 Å². The molecule has 1 atom stereocenters. The fourth-order valence-corrected chi connectivity index (χ4v) is 2.85. The van der Waals surface area contributed by atoms with Gasteiger partial charge in [0.15, 0.2) is 0 Å². The number of aliphatic hydroxyl groups is 1. The zero-order valence-corrected chi connectivity index (χ0v) is 11.1. The summed E-state index contributed by atoms with van der Waals surface area (Å²) in [5.41, 5.74) is 0. The van der Waals surface area contributed by atoms with Gasteiger partial charge in [0.2, 0.25) is 5.91 Å². The van der Waals surface area contributed by atoms with Crippen molar-refractivity contribution < 1.29 is 14.6 Å². The van der Waals surface area contributed by atoms with Gasteiger partial charge >= 0.3 is 0 Å². The number of rotatable bonds is 4. The average molecular weight is 255 g/mol. The molecule has 2 aliphatic rings. The molecule has 2 N–H and O–H groups in total. The van der Waals surface area contributed by atoms with Crippen molar-refractivity contribution in [1.82, 2.24) is 5.32 Å². The number of carbonyl (C=O) groups excluding carboxylic acids is 1. The van der Waals surface area contributed by atoms with Crippen molar-refractivity contribution in [3.05, 3.63) is 0 Å².